The Balaban J connectivity index is 2.32. The highest BCUT2D eigenvalue weighted by atomic mass is 35.5. The molecule has 7 nitrogen and oxygen atoms in total. The number of rotatable bonds is 4. The monoisotopic (exact) mass is 417 g/mol. The summed E-state index contributed by atoms with van der Waals surface area (Å²) in [6.07, 6.45) is 0. The largest absolute Gasteiger partial charge is 0.462 e. The van der Waals surface area contributed by atoms with Crippen molar-refractivity contribution in [1.29, 1.82) is 0 Å². The molecule has 0 saturated heterocycles. The van der Waals surface area contributed by atoms with E-state index in [1.807, 2.05) is 13.8 Å². The minimum absolute atomic E-state index is 0.163. The lowest BCUT2D eigenvalue weighted by molar-refractivity contribution is -0.140. The molecule has 0 aliphatic carbocycles. The number of nitrogens with zero attached hydrogens (tertiary/aromatic N) is 2. The van der Waals surface area contributed by atoms with Gasteiger partial charge >= 0.3 is 11.7 Å². The number of hydrogen-bond acceptors (Lipinski definition) is 5. The van der Waals surface area contributed by atoms with Gasteiger partial charge in [0.05, 0.1) is 23.7 Å². The van der Waals surface area contributed by atoms with E-state index in [0.29, 0.717) is 27.7 Å². The quantitative estimate of drug-likeness (QED) is 0.773. The van der Waals surface area contributed by atoms with Gasteiger partial charge < -0.3 is 10.1 Å². The standard InChI is InChI=1S/C21H24ClN3O4/c1-11(2)10-29-20(27)15-12(3)23-18-17(19(26)25(5)21(28)24(18)4)16(15)13-8-6-7-9-14(13)22/h6-9,11,16,23H,10H2,1-5H3. The number of benzene rings is 1. The van der Waals surface area contributed by atoms with E-state index in [9.17, 15) is 14.4 Å². The van der Waals surface area contributed by atoms with Gasteiger partial charge in [-0.2, -0.15) is 0 Å². The number of ether oxygens (including phenoxy) is 1. The number of allylic oxidation sites excluding steroid dienone is 1. The molecule has 0 saturated carbocycles. The first-order valence-corrected chi connectivity index (χ1v) is 9.72. The van der Waals surface area contributed by atoms with Crippen molar-refractivity contribution >= 4 is 23.4 Å². The van der Waals surface area contributed by atoms with Gasteiger partial charge in [0.2, 0.25) is 0 Å². The minimum Gasteiger partial charge on any atom is -0.462 e. The molecule has 8 heteroatoms. The molecule has 0 radical (unpaired) electrons. The zero-order valence-corrected chi connectivity index (χ0v) is 17.8. The summed E-state index contributed by atoms with van der Waals surface area (Å²) in [5.74, 6) is -0.766. The van der Waals surface area contributed by atoms with Crippen molar-refractivity contribution in [1.82, 2.24) is 9.13 Å². The van der Waals surface area contributed by atoms with Gasteiger partial charge in [0.15, 0.2) is 0 Å². The fourth-order valence-electron chi connectivity index (χ4n) is 3.50. The smallest absolute Gasteiger partial charge is 0.336 e. The number of nitrogens with one attached hydrogen (secondary N) is 1. The second kappa shape index (κ2) is 7.91. The van der Waals surface area contributed by atoms with Crippen LogP contribution in [0.1, 0.15) is 37.8 Å². The molecular weight excluding hydrogens is 394 g/mol. The summed E-state index contributed by atoms with van der Waals surface area (Å²) >= 11 is 6.46. The van der Waals surface area contributed by atoms with Crippen LogP contribution in [0.3, 0.4) is 0 Å². The van der Waals surface area contributed by atoms with Gasteiger partial charge in [-0.1, -0.05) is 43.6 Å². The van der Waals surface area contributed by atoms with E-state index in [1.165, 1.54) is 11.6 Å². The molecule has 0 bridgehead atoms. The molecule has 1 unspecified atom stereocenters. The van der Waals surface area contributed by atoms with Crippen LogP contribution in [0.15, 0.2) is 45.1 Å². The summed E-state index contributed by atoms with van der Waals surface area (Å²) in [7, 11) is 2.99. The van der Waals surface area contributed by atoms with Gasteiger partial charge in [0.1, 0.15) is 5.82 Å². The van der Waals surface area contributed by atoms with E-state index in [4.69, 9.17) is 16.3 Å². The number of fused-ring (bicyclic) bond motifs is 1. The van der Waals surface area contributed by atoms with Crippen molar-refractivity contribution in [3.8, 4) is 0 Å². The third kappa shape index (κ3) is 3.62. The van der Waals surface area contributed by atoms with Crippen molar-refractivity contribution < 1.29 is 9.53 Å². The average molecular weight is 418 g/mol. The summed E-state index contributed by atoms with van der Waals surface area (Å²) in [4.78, 5) is 38.6. The van der Waals surface area contributed by atoms with Crippen LogP contribution in [0.5, 0.6) is 0 Å². The number of carbonyl (C=O) groups excluding carboxylic acids is 1. The SMILES string of the molecule is CC1=C(C(=O)OCC(C)C)C(c2ccccc2Cl)c2c(n(C)c(=O)n(C)c2=O)N1. The molecule has 1 aliphatic rings. The van der Waals surface area contributed by atoms with Crippen molar-refractivity contribution in [2.24, 2.45) is 20.0 Å². The first kappa shape index (κ1) is 20.9. The Morgan fingerprint density at radius 2 is 1.86 bits per heavy atom. The van der Waals surface area contributed by atoms with Gasteiger partial charge in [0, 0.05) is 24.8 Å². The maximum atomic E-state index is 13.1. The lowest BCUT2D eigenvalue weighted by atomic mass is 9.82. The number of halogens is 1. The molecule has 1 aromatic carbocycles. The summed E-state index contributed by atoms with van der Waals surface area (Å²) in [5.41, 5.74) is 0.759. The molecule has 154 valence electrons. The predicted molar refractivity (Wildman–Crippen MR) is 112 cm³/mol. The Hall–Kier alpha value is -2.80. The van der Waals surface area contributed by atoms with Crippen LogP contribution in [-0.2, 0) is 23.6 Å². The summed E-state index contributed by atoms with van der Waals surface area (Å²) in [6, 6.07) is 7.05. The first-order valence-electron chi connectivity index (χ1n) is 9.34. The topological polar surface area (TPSA) is 82.3 Å². The van der Waals surface area contributed by atoms with Crippen LogP contribution in [0, 0.1) is 5.92 Å². The zero-order valence-electron chi connectivity index (χ0n) is 17.1. The fraction of sp³-hybridized carbons (Fsp3) is 0.381. The van der Waals surface area contributed by atoms with Crippen LogP contribution in [0.25, 0.3) is 0 Å². The maximum absolute atomic E-state index is 13.1. The van der Waals surface area contributed by atoms with Gasteiger partial charge in [-0.15, -0.1) is 0 Å². The van der Waals surface area contributed by atoms with E-state index in [-0.39, 0.29) is 18.1 Å². The first-order chi connectivity index (χ1) is 13.6. The number of anilines is 1. The predicted octanol–water partition coefficient (Wildman–Crippen LogP) is 2.77. The highest BCUT2D eigenvalue weighted by molar-refractivity contribution is 6.31. The lowest BCUT2D eigenvalue weighted by Gasteiger charge is -2.31. The molecule has 0 spiro atoms. The maximum Gasteiger partial charge on any atom is 0.336 e. The highest BCUT2D eigenvalue weighted by Gasteiger charge is 2.38. The Bertz CT molecular complexity index is 1130. The van der Waals surface area contributed by atoms with Crippen LogP contribution in [0.4, 0.5) is 5.82 Å². The van der Waals surface area contributed by atoms with Crippen LogP contribution < -0.4 is 16.6 Å². The molecule has 0 amide bonds. The van der Waals surface area contributed by atoms with Crippen molar-refractivity contribution in [2.75, 3.05) is 11.9 Å². The van der Waals surface area contributed by atoms with E-state index >= 15 is 0 Å². The Morgan fingerprint density at radius 1 is 1.21 bits per heavy atom. The van der Waals surface area contributed by atoms with Crippen molar-refractivity contribution in [2.45, 2.75) is 26.7 Å². The molecule has 1 aromatic heterocycles. The van der Waals surface area contributed by atoms with Gasteiger partial charge in [-0.3, -0.25) is 13.9 Å². The minimum atomic E-state index is -0.759. The summed E-state index contributed by atoms with van der Waals surface area (Å²) < 4.78 is 7.88. The third-order valence-corrected chi connectivity index (χ3v) is 5.31. The van der Waals surface area contributed by atoms with Crippen LogP contribution in [0.2, 0.25) is 5.02 Å². The Kier molecular flexibility index (Phi) is 5.71. The molecular formula is C21H24ClN3O4. The number of carbonyl (C=O) groups is 1. The van der Waals surface area contributed by atoms with Crippen molar-refractivity contribution in [3.05, 3.63) is 72.5 Å². The molecule has 1 aliphatic heterocycles. The van der Waals surface area contributed by atoms with Gasteiger partial charge in [-0.05, 0) is 24.5 Å². The number of hydrogen-bond donors (Lipinski definition) is 1. The van der Waals surface area contributed by atoms with Crippen LogP contribution in [-0.4, -0.2) is 21.7 Å². The van der Waals surface area contributed by atoms with Crippen LogP contribution >= 0.6 is 11.6 Å². The molecule has 0 fully saturated rings. The summed E-state index contributed by atoms with van der Waals surface area (Å²) in [5, 5.41) is 3.48. The Labute approximate surface area is 173 Å². The van der Waals surface area contributed by atoms with E-state index in [2.05, 4.69) is 5.32 Å². The molecule has 3 rings (SSSR count). The van der Waals surface area contributed by atoms with E-state index in [0.717, 1.165) is 4.57 Å². The highest BCUT2D eigenvalue weighted by Crippen LogP contribution is 2.42. The molecule has 1 N–H and O–H groups in total. The lowest BCUT2D eigenvalue weighted by Crippen LogP contribution is -2.43. The fourth-order valence-corrected chi connectivity index (χ4v) is 3.74. The van der Waals surface area contributed by atoms with E-state index < -0.39 is 23.1 Å². The zero-order chi connectivity index (χ0) is 21.5. The van der Waals surface area contributed by atoms with Gasteiger partial charge in [0.25, 0.3) is 5.56 Å². The second-order valence-corrected chi connectivity index (χ2v) is 7.99. The average Bonchev–Trinajstić information content (AvgIpc) is 2.68. The molecule has 2 heterocycles. The summed E-state index contributed by atoms with van der Waals surface area (Å²) in [6.45, 7) is 5.86. The number of esters is 1. The normalized spacial score (nSPS) is 15.9. The molecule has 2 aromatic rings. The van der Waals surface area contributed by atoms with Crippen molar-refractivity contribution in [3.63, 3.8) is 0 Å². The third-order valence-electron chi connectivity index (χ3n) is 4.97. The second-order valence-electron chi connectivity index (χ2n) is 7.58. The van der Waals surface area contributed by atoms with E-state index in [1.54, 1.807) is 38.2 Å². The number of aromatic nitrogens is 2. The van der Waals surface area contributed by atoms with Gasteiger partial charge in [-0.25, -0.2) is 9.59 Å². The molecule has 1 atom stereocenters. The molecule has 29 heavy (non-hydrogen) atoms. The Morgan fingerprint density at radius 3 is 2.48 bits per heavy atom.